The lowest BCUT2D eigenvalue weighted by molar-refractivity contribution is -0.134. The van der Waals surface area contributed by atoms with Gasteiger partial charge in [0.25, 0.3) is 0 Å². The molecule has 1 atom stereocenters. The van der Waals surface area contributed by atoms with E-state index in [9.17, 15) is 4.79 Å². The summed E-state index contributed by atoms with van der Waals surface area (Å²) in [5.41, 5.74) is 0. The number of carbonyl (C=O) groups is 1. The van der Waals surface area contributed by atoms with Crippen LogP contribution in [0.25, 0.3) is 0 Å². The highest BCUT2D eigenvalue weighted by atomic mass is 16.2. The minimum atomic E-state index is 0.289. The fraction of sp³-hybridized carbons (Fsp3) is 0.889. The zero-order valence-electron chi connectivity index (χ0n) is 15.7. The van der Waals surface area contributed by atoms with E-state index in [-0.39, 0.29) is 5.92 Å². The molecule has 1 aliphatic carbocycles. The molecule has 138 valence electrons. The molecule has 1 aliphatic heterocycles. The third kappa shape index (κ3) is 5.96. The summed E-state index contributed by atoms with van der Waals surface area (Å²) in [4.78, 5) is 21.4. The maximum Gasteiger partial charge on any atom is 0.225 e. The molecule has 2 rings (SSSR count). The van der Waals surface area contributed by atoms with Crippen LogP contribution in [0.3, 0.4) is 0 Å². The van der Waals surface area contributed by atoms with Crippen molar-refractivity contribution in [3.05, 3.63) is 0 Å². The molecular weight excluding hydrogens is 302 g/mol. The fourth-order valence-corrected chi connectivity index (χ4v) is 3.60. The summed E-state index contributed by atoms with van der Waals surface area (Å²) in [5, 5.41) is 6.83. The minimum Gasteiger partial charge on any atom is -0.357 e. The van der Waals surface area contributed by atoms with E-state index in [1.54, 1.807) is 0 Å². The Morgan fingerprint density at radius 3 is 2.67 bits per heavy atom. The highest BCUT2D eigenvalue weighted by Crippen LogP contribution is 2.27. The summed E-state index contributed by atoms with van der Waals surface area (Å²) in [6, 6.07) is 0.321. The Kier molecular flexibility index (Phi) is 7.82. The van der Waals surface area contributed by atoms with Crippen LogP contribution in [0.1, 0.15) is 45.4 Å². The van der Waals surface area contributed by atoms with Gasteiger partial charge in [0.2, 0.25) is 5.91 Å². The van der Waals surface area contributed by atoms with E-state index < -0.39 is 0 Å². The second kappa shape index (κ2) is 9.87. The van der Waals surface area contributed by atoms with Crippen molar-refractivity contribution < 1.29 is 4.79 Å². The maximum absolute atomic E-state index is 12.5. The van der Waals surface area contributed by atoms with Crippen molar-refractivity contribution in [1.82, 2.24) is 20.4 Å². The molecule has 2 N–H and O–H groups in total. The monoisotopic (exact) mass is 337 g/mol. The van der Waals surface area contributed by atoms with E-state index in [0.717, 1.165) is 64.4 Å². The molecule has 2 aliphatic rings. The Hall–Kier alpha value is -1.30. The molecule has 1 heterocycles. The Morgan fingerprint density at radius 1 is 1.25 bits per heavy atom. The first-order valence-electron chi connectivity index (χ1n) is 9.58. The number of hydrogen-bond acceptors (Lipinski definition) is 3. The second-order valence-corrected chi connectivity index (χ2v) is 7.31. The minimum absolute atomic E-state index is 0.289. The average molecular weight is 338 g/mol. The molecule has 0 spiro atoms. The van der Waals surface area contributed by atoms with Gasteiger partial charge in [-0.15, -0.1) is 0 Å². The van der Waals surface area contributed by atoms with Gasteiger partial charge in [-0.05, 0) is 53.2 Å². The quantitative estimate of drug-likeness (QED) is 0.417. The Labute approximate surface area is 147 Å². The van der Waals surface area contributed by atoms with Crippen molar-refractivity contribution in [2.45, 2.75) is 51.5 Å². The van der Waals surface area contributed by atoms with Gasteiger partial charge in [0.1, 0.15) is 0 Å². The average Bonchev–Trinajstić information content (AvgIpc) is 3.22. The third-order valence-electron chi connectivity index (χ3n) is 4.92. The van der Waals surface area contributed by atoms with E-state index in [0.29, 0.717) is 11.9 Å². The Bertz CT molecular complexity index is 418. The first-order chi connectivity index (χ1) is 11.6. The topological polar surface area (TPSA) is 60.0 Å². The van der Waals surface area contributed by atoms with Crippen molar-refractivity contribution in [1.29, 1.82) is 0 Å². The van der Waals surface area contributed by atoms with Crippen molar-refractivity contribution >= 4 is 11.9 Å². The van der Waals surface area contributed by atoms with E-state index in [1.165, 1.54) is 12.8 Å². The lowest BCUT2D eigenvalue weighted by Gasteiger charge is -2.21. The number of hydrogen-bond donors (Lipinski definition) is 2. The van der Waals surface area contributed by atoms with Gasteiger partial charge < -0.3 is 20.4 Å². The number of aliphatic imine (C=N–C) groups is 1. The van der Waals surface area contributed by atoms with Gasteiger partial charge in [-0.1, -0.05) is 12.8 Å². The Morgan fingerprint density at radius 2 is 2.00 bits per heavy atom. The number of carbonyl (C=O) groups excluding carboxylic acids is 1. The Balaban J connectivity index is 1.77. The van der Waals surface area contributed by atoms with Gasteiger partial charge in [-0.3, -0.25) is 9.79 Å². The van der Waals surface area contributed by atoms with E-state index in [2.05, 4.69) is 46.4 Å². The van der Waals surface area contributed by atoms with Crippen LogP contribution in [0.4, 0.5) is 0 Å². The first-order valence-corrected chi connectivity index (χ1v) is 9.58. The van der Waals surface area contributed by atoms with E-state index in [1.807, 2.05) is 0 Å². The van der Waals surface area contributed by atoms with E-state index >= 15 is 0 Å². The lowest BCUT2D eigenvalue weighted by atomic mass is 10.1. The van der Waals surface area contributed by atoms with Crippen LogP contribution in [0.15, 0.2) is 4.99 Å². The zero-order valence-corrected chi connectivity index (χ0v) is 15.7. The van der Waals surface area contributed by atoms with Crippen molar-refractivity contribution in [2.24, 2.45) is 10.9 Å². The lowest BCUT2D eigenvalue weighted by Crippen LogP contribution is -2.45. The van der Waals surface area contributed by atoms with Crippen molar-refractivity contribution in [2.75, 3.05) is 46.8 Å². The van der Waals surface area contributed by atoms with Crippen LogP contribution in [0.5, 0.6) is 0 Å². The molecule has 1 saturated heterocycles. The van der Waals surface area contributed by atoms with Crippen molar-refractivity contribution in [3.63, 3.8) is 0 Å². The summed E-state index contributed by atoms with van der Waals surface area (Å²) in [6.45, 7) is 6.52. The molecule has 6 nitrogen and oxygen atoms in total. The van der Waals surface area contributed by atoms with Crippen LogP contribution < -0.4 is 10.6 Å². The highest BCUT2D eigenvalue weighted by molar-refractivity contribution is 5.81. The molecule has 0 bridgehead atoms. The number of nitrogens with zero attached hydrogens (tertiary/aromatic N) is 3. The standard InChI is InChI=1S/C18H35N5O/c1-4-19-18(20-11-7-12-22(2)3)21-16-10-13-23(14-16)17(24)15-8-5-6-9-15/h15-16H,4-14H2,1-3H3,(H2,19,20,21). The third-order valence-corrected chi connectivity index (χ3v) is 4.92. The molecule has 0 aromatic heterocycles. The van der Waals surface area contributed by atoms with Gasteiger partial charge in [0, 0.05) is 38.1 Å². The number of nitrogens with one attached hydrogen (secondary N) is 2. The van der Waals surface area contributed by atoms with Crippen LogP contribution in [0.2, 0.25) is 0 Å². The summed E-state index contributed by atoms with van der Waals surface area (Å²) in [6.07, 6.45) is 6.68. The van der Waals surface area contributed by atoms with Gasteiger partial charge >= 0.3 is 0 Å². The van der Waals surface area contributed by atoms with Crippen molar-refractivity contribution in [3.8, 4) is 0 Å². The van der Waals surface area contributed by atoms with Crippen LogP contribution >= 0.6 is 0 Å². The SMILES string of the molecule is CCNC(=NCCCN(C)C)NC1CCN(C(=O)C2CCCC2)C1. The zero-order chi connectivity index (χ0) is 17.4. The molecule has 0 aromatic rings. The number of amides is 1. The molecule has 1 amide bonds. The summed E-state index contributed by atoms with van der Waals surface area (Å²) in [7, 11) is 4.17. The van der Waals surface area contributed by atoms with Crippen LogP contribution in [-0.4, -0.2) is 74.5 Å². The number of guanidine groups is 1. The molecule has 2 fully saturated rings. The van der Waals surface area contributed by atoms with Crippen LogP contribution in [0, 0.1) is 5.92 Å². The number of likely N-dealkylation sites (tertiary alicyclic amines) is 1. The highest BCUT2D eigenvalue weighted by Gasteiger charge is 2.32. The molecule has 0 radical (unpaired) electrons. The predicted molar refractivity (Wildman–Crippen MR) is 99.2 cm³/mol. The summed E-state index contributed by atoms with van der Waals surface area (Å²) < 4.78 is 0. The molecular formula is C18H35N5O. The predicted octanol–water partition coefficient (Wildman–Crippen LogP) is 1.28. The van der Waals surface area contributed by atoms with Gasteiger partial charge in [0.05, 0.1) is 0 Å². The molecule has 1 saturated carbocycles. The second-order valence-electron chi connectivity index (χ2n) is 7.31. The van der Waals surface area contributed by atoms with Gasteiger partial charge in [-0.2, -0.15) is 0 Å². The molecule has 24 heavy (non-hydrogen) atoms. The fourth-order valence-electron chi connectivity index (χ4n) is 3.60. The molecule has 1 unspecified atom stereocenters. The maximum atomic E-state index is 12.5. The van der Waals surface area contributed by atoms with E-state index in [4.69, 9.17) is 0 Å². The summed E-state index contributed by atoms with van der Waals surface area (Å²) in [5.74, 6) is 1.55. The van der Waals surface area contributed by atoms with Gasteiger partial charge in [-0.25, -0.2) is 0 Å². The smallest absolute Gasteiger partial charge is 0.225 e. The van der Waals surface area contributed by atoms with Gasteiger partial charge in [0.15, 0.2) is 5.96 Å². The normalized spacial score (nSPS) is 22.4. The largest absolute Gasteiger partial charge is 0.357 e. The number of rotatable bonds is 7. The summed E-state index contributed by atoms with van der Waals surface area (Å²) >= 11 is 0. The first kappa shape index (κ1) is 19.0. The molecule has 0 aromatic carbocycles. The van der Waals surface area contributed by atoms with Crippen LogP contribution in [-0.2, 0) is 4.79 Å². The molecule has 6 heteroatoms.